The predicted molar refractivity (Wildman–Crippen MR) is 74.2 cm³/mol. The summed E-state index contributed by atoms with van der Waals surface area (Å²) in [6, 6.07) is 6.79. The number of aryl methyl sites for hydroxylation is 1. The van der Waals surface area contributed by atoms with Crippen LogP contribution in [0.3, 0.4) is 0 Å². The molecule has 5 heteroatoms. The summed E-state index contributed by atoms with van der Waals surface area (Å²) in [7, 11) is 0. The Morgan fingerprint density at radius 1 is 1.44 bits per heavy atom. The summed E-state index contributed by atoms with van der Waals surface area (Å²) in [6.45, 7) is 2.64. The Hall–Kier alpha value is -2.01. The average molecular weight is 262 g/mol. The highest BCUT2D eigenvalue weighted by Crippen LogP contribution is 2.22. The molecule has 1 aromatic carbocycles. The molecule has 0 aliphatic rings. The molecule has 4 N–H and O–H groups in total. The first-order valence-electron chi connectivity index (χ1n) is 5.47. The molecule has 0 spiro atoms. The zero-order chi connectivity index (χ0) is 13.1. The van der Waals surface area contributed by atoms with Gasteiger partial charge in [0.2, 0.25) is 0 Å². The van der Waals surface area contributed by atoms with Gasteiger partial charge in [0.1, 0.15) is 0 Å². The molecule has 0 atom stereocenters. The number of carbonyl (C=O) groups is 1. The van der Waals surface area contributed by atoms with Crippen molar-refractivity contribution in [2.75, 3.05) is 11.1 Å². The number of thiophene rings is 1. The summed E-state index contributed by atoms with van der Waals surface area (Å²) in [6.07, 6.45) is 0. The topological polar surface area (TPSA) is 75.3 Å². The lowest BCUT2D eigenvalue weighted by molar-refractivity contribution is 0.0698. The first kappa shape index (κ1) is 12.4. The minimum absolute atomic E-state index is 0.235. The minimum Gasteiger partial charge on any atom is -0.478 e. The van der Waals surface area contributed by atoms with E-state index in [1.807, 2.05) is 18.4 Å². The lowest BCUT2D eigenvalue weighted by Crippen LogP contribution is -2.06. The lowest BCUT2D eigenvalue weighted by Gasteiger charge is -2.10. The van der Waals surface area contributed by atoms with Crippen LogP contribution in [0.1, 0.15) is 20.8 Å². The van der Waals surface area contributed by atoms with Crippen molar-refractivity contribution in [3.05, 3.63) is 45.6 Å². The third-order valence-corrected chi connectivity index (χ3v) is 3.70. The van der Waals surface area contributed by atoms with Crippen molar-refractivity contribution in [3.63, 3.8) is 0 Å². The Labute approximate surface area is 109 Å². The van der Waals surface area contributed by atoms with Crippen molar-refractivity contribution >= 4 is 28.7 Å². The fraction of sp³-hybridized carbons (Fsp3) is 0.154. The SMILES string of the molecule is Cc1ccsc1CNc1cc(N)ccc1C(=O)O. The van der Waals surface area contributed by atoms with Crippen molar-refractivity contribution in [2.45, 2.75) is 13.5 Å². The fourth-order valence-electron chi connectivity index (χ4n) is 1.66. The molecule has 0 aliphatic heterocycles. The number of anilines is 2. The van der Waals surface area contributed by atoms with E-state index < -0.39 is 5.97 Å². The van der Waals surface area contributed by atoms with E-state index in [-0.39, 0.29) is 5.56 Å². The second-order valence-corrected chi connectivity index (χ2v) is 4.99. The predicted octanol–water partition coefficient (Wildman–Crippen LogP) is 2.95. The molecule has 0 amide bonds. The van der Waals surface area contributed by atoms with Crippen LogP contribution >= 0.6 is 11.3 Å². The van der Waals surface area contributed by atoms with Gasteiger partial charge in [-0.25, -0.2) is 4.79 Å². The number of nitrogens with two attached hydrogens (primary N) is 1. The average Bonchev–Trinajstić information content (AvgIpc) is 2.72. The first-order valence-corrected chi connectivity index (χ1v) is 6.35. The molecule has 1 heterocycles. The smallest absolute Gasteiger partial charge is 0.337 e. The monoisotopic (exact) mass is 262 g/mol. The van der Waals surface area contributed by atoms with Crippen LogP contribution in [-0.4, -0.2) is 11.1 Å². The van der Waals surface area contributed by atoms with E-state index >= 15 is 0 Å². The van der Waals surface area contributed by atoms with Gasteiger partial charge in [-0.3, -0.25) is 0 Å². The van der Waals surface area contributed by atoms with Gasteiger partial charge in [-0.05, 0) is 42.1 Å². The maximum absolute atomic E-state index is 11.1. The van der Waals surface area contributed by atoms with E-state index in [9.17, 15) is 4.79 Å². The summed E-state index contributed by atoms with van der Waals surface area (Å²) >= 11 is 1.65. The maximum Gasteiger partial charge on any atom is 0.337 e. The van der Waals surface area contributed by atoms with Crippen LogP contribution in [0.5, 0.6) is 0 Å². The number of hydrogen-bond donors (Lipinski definition) is 3. The Bertz CT molecular complexity index is 578. The molecule has 0 unspecified atom stereocenters. The van der Waals surface area contributed by atoms with Gasteiger partial charge in [-0.2, -0.15) is 0 Å². The van der Waals surface area contributed by atoms with Crippen LogP contribution in [0.25, 0.3) is 0 Å². The van der Waals surface area contributed by atoms with Gasteiger partial charge in [0.15, 0.2) is 0 Å². The number of nitrogen functional groups attached to an aromatic ring is 1. The molecule has 0 saturated carbocycles. The van der Waals surface area contributed by atoms with Crippen LogP contribution in [0, 0.1) is 6.92 Å². The molecular weight excluding hydrogens is 248 g/mol. The summed E-state index contributed by atoms with van der Waals surface area (Å²) in [5, 5.41) is 14.2. The molecule has 0 radical (unpaired) electrons. The summed E-state index contributed by atoms with van der Waals surface area (Å²) < 4.78 is 0. The normalized spacial score (nSPS) is 10.3. The van der Waals surface area contributed by atoms with E-state index in [1.165, 1.54) is 16.5 Å². The molecule has 0 aliphatic carbocycles. The molecule has 0 bridgehead atoms. The van der Waals surface area contributed by atoms with Crippen LogP contribution in [0.15, 0.2) is 29.6 Å². The summed E-state index contributed by atoms with van der Waals surface area (Å²) in [4.78, 5) is 12.3. The van der Waals surface area contributed by atoms with Crippen molar-refractivity contribution in [2.24, 2.45) is 0 Å². The van der Waals surface area contributed by atoms with E-state index in [4.69, 9.17) is 10.8 Å². The number of hydrogen-bond acceptors (Lipinski definition) is 4. The zero-order valence-electron chi connectivity index (χ0n) is 9.93. The van der Waals surface area contributed by atoms with Gasteiger partial charge in [0.05, 0.1) is 11.3 Å². The Balaban J connectivity index is 2.20. The number of aromatic carboxylic acids is 1. The molecule has 2 aromatic rings. The Morgan fingerprint density at radius 2 is 2.22 bits per heavy atom. The Morgan fingerprint density at radius 3 is 2.83 bits per heavy atom. The third-order valence-electron chi connectivity index (χ3n) is 2.68. The fourth-order valence-corrected chi connectivity index (χ4v) is 2.50. The largest absolute Gasteiger partial charge is 0.478 e. The second kappa shape index (κ2) is 5.10. The second-order valence-electron chi connectivity index (χ2n) is 3.99. The maximum atomic E-state index is 11.1. The van der Waals surface area contributed by atoms with Gasteiger partial charge in [0.25, 0.3) is 0 Å². The van der Waals surface area contributed by atoms with E-state index in [0.717, 1.165) is 0 Å². The number of nitrogens with one attached hydrogen (secondary N) is 1. The van der Waals surface area contributed by atoms with Crippen LogP contribution in [0.2, 0.25) is 0 Å². The molecule has 1 aromatic heterocycles. The van der Waals surface area contributed by atoms with E-state index in [1.54, 1.807) is 23.5 Å². The highest BCUT2D eigenvalue weighted by atomic mass is 32.1. The lowest BCUT2D eigenvalue weighted by atomic mass is 10.1. The highest BCUT2D eigenvalue weighted by molar-refractivity contribution is 7.10. The van der Waals surface area contributed by atoms with Crippen molar-refractivity contribution in [1.82, 2.24) is 0 Å². The molecule has 18 heavy (non-hydrogen) atoms. The molecule has 4 nitrogen and oxygen atoms in total. The van der Waals surface area contributed by atoms with Crippen LogP contribution in [-0.2, 0) is 6.54 Å². The number of carboxylic acid groups (broad SMARTS) is 1. The quantitative estimate of drug-likeness (QED) is 0.740. The summed E-state index contributed by atoms with van der Waals surface area (Å²) in [5.41, 5.74) is 8.21. The van der Waals surface area contributed by atoms with E-state index in [0.29, 0.717) is 17.9 Å². The third kappa shape index (κ3) is 2.62. The number of benzene rings is 1. The van der Waals surface area contributed by atoms with Gasteiger partial charge in [-0.15, -0.1) is 11.3 Å². The van der Waals surface area contributed by atoms with Crippen molar-refractivity contribution < 1.29 is 9.90 Å². The minimum atomic E-state index is -0.958. The molecular formula is C13H14N2O2S. The van der Waals surface area contributed by atoms with Gasteiger partial charge < -0.3 is 16.2 Å². The number of rotatable bonds is 4. The molecule has 2 rings (SSSR count). The molecule has 94 valence electrons. The van der Waals surface area contributed by atoms with Gasteiger partial charge in [0, 0.05) is 17.1 Å². The van der Waals surface area contributed by atoms with Gasteiger partial charge >= 0.3 is 5.97 Å². The van der Waals surface area contributed by atoms with Crippen LogP contribution in [0.4, 0.5) is 11.4 Å². The Kier molecular flexibility index (Phi) is 3.53. The van der Waals surface area contributed by atoms with E-state index in [2.05, 4.69) is 5.32 Å². The van der Waals surface area contributed by atoms with Gasteiger partial charge in [-0.1, -0.05) is 0 Å². The zero-order valence-corrected chi connectivity index (χ0v) is 10.8. The van der Waals surface area contributed by atoms with Crippen molar-refractivity contribution in [3.8, 4) is 0 Å². The standard InChI is InChI=1S/C13H14N2O2S/c1-8-4-5-18-12(8)7-15-11-6-9(14)2-3-10(11)13(16)17/h2-6,15H,7,14H2,1H3,(H,16,17). The first-order chi connectivity index (χ1) is 8.58. The molecule has 0 saturated heterocycles. The van der Waals surface area contributed by atoms with Crippen LogP contribution < -0.4 is 11.1 Å². The van der Waals surface area contributed by atoms with Crippen molar-refractivity contribution in [1.29, 1.82) is 0 Å². The summed E-state index contributed by atoms with van der Waals surface area (Å²) in [5.74, 6) is -0.958. The molecule has 0 fully saturated rings. The number of carboxylic acids is 1. The highest BCUT2D eigenvalue weighted by Gasteiger charge is 2.10.